The second-order valence-corrected chi connectivity index (χ2v) is 5.29. The fourth-order valence-electron chi connectivity index (χ4n) is 1.86. The van der Waals surface area contributed by atoms with Crippen LogP contribution in [0.25, 0.3) is 0 Å². The monoisotopic (exact) mass is 322 g/mol. The van der Waals surface area contributed by atoms with Gasteiger partial charge in [0.05, 0.1) is 11.4 Å². The number of alkyl halides is 1. The van der Waals surface area contributed by atoms with Crippen molar-refractivity contribution >= 4 is 15.9 Å². The van der Waals surface area contributed by atoms with Crippen molar-refractivity contribution in [3.05, 3.63) is 65.0 Å². The van der Waals surface area contributed by atoms with Crippen LogP contribution in [0, 0.1) is 12.7 Å². The molecule has 0 amide bonds. The molecule has 0 fully saturated rings. The van der Waals surface area contributed by atoms with Crippen molar-refractivity contribution < 1.29 is 9.13 Å². The molecule has 3 heteroatoms. The van der Waals surface area contributed by atoms with Gasteiger partial charge in [0, 0.05) is 0 Å². The Morgan fingerprint density at radius 2 is 1.74 bits per heavy atom. The van der Waals surface area contributed by atoms with Gasteiger partial charge in [0.2, 0.25) is 0 Å². The summed E-state index contributed by atoms with van der Waals surface area (Å²) in [6, 6.07) is 13.1. The third-order valence-corrected chi connectivity index (χ3v) is 4.03. The largest absolute Gasteiger partial charge is 0.494 e. The summed E-state index contributed by atoms with van der Waals surface area (Å²) in [4.78, 5) is -0.0155. The predicted molar refractivity (Wildman–Crippen MR) is 79.5 cm³/mol. The molecular formula is C16H16BrFO. The Kier molecular flexibility index (Phi) is 4.59. The van der Waals surface area contributed by atoms with Crippen molar-refractivity contribution in [1.29, 1.82) is 0 Å². The molecule has 0 aliphatic rings. The molecule has 0 aliphatic heterocycles. The Morgan fingerprint density at radius 3 is 2.32 bits per heavy atom. The molecule has 19 heavy (non-hydrogen) atoms. The summed E-state index contributed by atoms with van der Waals surface area (Å²) in [6.45, 7) is 4.37. The van der Waals surface area contributed by atoms with Gasteiger partial charge in [-0.25, -0.2) is 4.39 Å². The quantitative estimate of drug-likeness (QED) is 0.718. The van der Waals surface area contributed by atoms with Crippen molar-refractivity contribution in [2.45, 2.75) is 18.7 Å². The molecular weight excluding hydrogens is 307 g/mol. The lowest BCUT2D eigenvalue weighted by Crippen LogP contribution is -1.96. The summed E-state index contributed by atoms with van der Waals surface area (Å²) >= 11 is 3.61. The minimum absolute atomic E-state index is 0.0155. The molecule has 0 N–H and O–H groups in total. The molecule has 0 spiro atoms. The van der Waals surface area contributed by atoms with Crippen LogP contribution in [0.3, 0.4) is 0 Å². The first-order chi connectivity index (χ1) is 9.11. The van der Waals surface area contributed by atoms with E-state index in [-0.39, 0.29) is 10.6 Å². The van der Waals surface area contributed by atoms with Crippen LogP contribution in [0.5, 0.6) is 5.75 Å². The van der Waals surface area contributed by atoms with E-state index in [1.165, 1.54) is 0 Å². The van der Waals surface area contributed by atoms with E-state index in [1.807, 2.05) is 37.3 Å². The summed E-state index contributed by atoms with van der Waals surface area (Å²) in [6.07, 6.45) is 0. The zero-order valence-corrected chi connectivity index (χ0v) is 12.6. The molecule has 0 saturated carbocycles. The number of halogens is 2. The number of benzene rings is 2. The zero-order valence-electron chi connectivity index (χ0n) is 11.0. The van der Waals surface area contributed by atoms with Gasteiger partial charge < -0.3 is 4.74 Å². The third-order valence-electron chi connectivity index (χ3n) is 2.97. The Bertz CT molecular complexity index is 551. The second kappa shape index (κ2) is 6.20. The van der Waals surface area contributed by atoms with Gasteiger partial charge in [-0.05, 0) is 48.7 Å². The second-order valence-electron chi connectivity index (χ2n) is 4.37. The molecule has 2 aromatic carbocycles. The van der Waals surface area contributed by atoms with Crippen molar-refractivity contribution in [3.63, 3.8) is 0 Å². The van der Waals surface area contributed by atoms with Crippen LogP contribution in [0.2, 0.25) is 0 Å². The van der Waals surface area contributed by atoms with E-state index in [2.05, 4.69) is 15.9 Å². The highest BCUT2D eigenvalue weighted by atomic mass is 79.9. The fourth-order valence-corrected chi connectivity index (χ4v) is 2.45. The average Bonchev–Trinajstić information content (AvgIpc) is 2.42. The van der Waals surface area contributed by atoms with Crippen molar-refractivity contribution in [3.8, 4) is 5.75 Å². The lowest BCUT2D eigenvalue weighted by Gasteiger charge is -2.12. The molecule has 2 aromatic rings. The predicted octanol–water partition coefficient (Wildman–Crippen LogP) is 5.02. The molecule has 2 rings (SSSR count). The molecule has 0 heterocycles. The molecule has 1 atom stereocenters. The first-order valence-electron chi connectivity index (χ1n) is 6.24. The Balaban J connectivity index is 2.22. The van der Waals surface area contributed by atoms with Gasteiger partial charge >= 0.3 is 0 Å². The first kappa shape index (κ1) is 14.1. The van der Waals surface area contributed by atoms with Crippen LogP contribution in [0.1, 0.15) is 28.4 Å². The van der Waals surface area contributed by atoms with Crippen LogP contribution in [-0.2, 0) is 0 Å². The summed E-state index contributed by atoms with van der Waals surface area (Å²) in [5, 5.41) is 0. The minimum atomic E-state index is -0.173. The van der Waals surface area contributed by atoms with E-state index in [0.29, 0.717) is 12.2 Å². The number of hydrogen-bond donors (Lipinski definition) is 0. The SMILES string of the molecule is CCOc1ccc(C(Br)c2ccc(C)c(F)c2)cc1. The third kappa shape index (κ3) is 3.35. The van der Waals surface area contributed by atoms with Gasteiger partial charge in [-0.3, -0.25) is 0 Å². The Hall–Kier alpha value is -1.35. The molecule has 0 saturated heterocycles. The summed E-state index contributed by atoms with van der Waals surface area (Å²) in [5.41, 5.74) is 2.65. The lowest BCUT2D eigenvalue weighted by atomic mass is 10.0. The highest BCUT2D eigenvalue weighted by Gasteiger charge is 2.12. The van der Waals surface area contributed by atoms with Gasteiger partial charge in [-0.15, -0.1) is 0 Å². The molecule has 0 aromatic heterocycles. The van der Waals surface area contributed by atoms with Gasteiger partial charge in [-0.2, -0.15) is 0 Å². The topological polar surface area (TPSA) is 9.23 Å². The molecule has 1 nitrogen and oxygen atoms in total. The van der Waals surface area contributed by atoms with Crippen LogP contribution in [0.4, 0.5) is 4.39 Å². The highest BCUT2D eigenvalue weighted by molar-refractivity contribution is 9.09. The number of aryl methyl sites for hydroxylation is 1. The number of ether oxygens (including phenoxy) is 1. The summed E-state index contributed by atoms with van der Waals surface area (Å²) < 4.78 is 19.0. The van der Waals surface area contributed by atoms with Crippen LogP contribution >= 0.6 is 15.9 Å². The van der Waals surface area contributed by atoms with Crippen molar-refractivity contribution in [1.82, 2.24) is 0 Å². The smallest absolute Gasteiger partial charge is 0.126 e. The zero-order chi connectivity index (χ0) is 13.8. The first-order valence-corrected chi connectivity index (χ1v) is 7.16. The van der Waals surface area contributed by atoms with E-state index in [0.717, 1.165) is 16.9 Å². The molecule has 0 radical (unpaired) electrons. The molecule has 0 bridgehead atoms. The summed E-state index contributed by atoms with van der Waals surface area (Å²) in [7, 11) is 0. The highest BCUT2D eigenvalue weighted by Crippen LogP contribution is 2.32. The van der Waals surface area contributed by atoms with E-state index in [1.54, 1.807) is 19.1 Å². The lowest BCUT2D eigenvalue weighted by molar-refractivity contribution is 0.340. The molecule has 1 unspecified atom stereocenters. The van der Waals surface area contributed by atoms with E-state index in [4.69, 9.17) is 4.74 Å². The van der Waals surface area contributed by atoms with E-state index >= 15 is 0 Å². The van der Waals surface area contributed by atoms with Crippen LogP contribution in [0.15, 0.2) is 42.5 Å². The average molecular weight is 323 g/mol. The van der Waals surface area contributed by atoms with E-state index in [9.17, 15) is 4.39 Å². The maximum atomic E-state index is 13.6. The molecule has 100 valence electrons. The summed E-state index contributed by atoms with van der Waals surface area (Å²) in [5.74, 6) is 0.675. The number of rotatable bonds is 4. The van der Waals surface area contributed by atoms with Crippen LogP contribution in [-0.4, -0.2) is 6.61 Å². The van der Waals surface area contributed by atoms with Crippen LogP contribution < -0.4 is 4.74 Å². The minimum Gasteiger partial charge on any atom is -0.494 e. The molecule has 0 aliphatic carbocycles. The van der Waals surface area contributed by atoms with Crippen molar-refractivity contribution in [2.24, 2.45) is 0 Å². The van der Waals surface area contributed by atoms with Gasteiger partial charge in [0.1, 0.15) is 11.6 Å². The van der Waals surface area contributed by atoms with E-state index < -0.39 is 0 Å². The van der Waals surface area contributed by atoms with Gasteiger partial charge in [0.25, 0.3) is 0 Å². The van der Waals surface area contributed by atoms with Gasteiger partial charge in [-0.1, -0.05) is 40.2 Å². The Labute approximate surface area is 121 Å². The maximum absolute atomic E-state index is 13.6. The fraction of sp³-hybridized carbons (Fsp3) is 0.250. The van der Waals surface area contributed by atoms with Crippen molar-refractivity contribution in [2.75, 3.05) is 6.61 Å². The maximum Gasteiger partial charge on any atom is 0.126 e. The normalized spacial score (nSPS) is 12.2. The standard InChI is InChI=1S/C16H16BrFO/c1-3-19-14-8-6-12(7-9-14)16(17)13-5-4-11(2)15(18)10-13/h4-10,16H,3H2,1-2H3. The number of hydrogen-bond acceptors (Lipinski definition) is 1. The van der Waals surface area contributed by atoms with Gasteiger partial charge in [0.15, 0.2) is 0 Å². The Morgan fingerprint density at radius 1 is 1.11 bits per heavy atom.